The number of benzene rings is 8. The zero-order valence-corrected chi connectivity index (χ0v) is 76.6. The van der Waals surface area contributed by atoms with Gasteiger partial charge in [-0.15, -0.1) is 0 Å². The number of imidazole rings is 4. The molecule has 0 aliphatic heterocycles. The van der Waals surface area contributed by atoms with E-state index < -0.39 is 29.3 Å². The minimum atomic E-state index is -1.06. The van der Waals surface area contributed by atoms with E-state index in [1.165, 1.54) is 130 Å². The van der Waals surface area contributed by atoms with E-state index in [0.717, 1.165) is 169 Å². The highest BCUT2D eigenvalue weighted by atomic mass is 35.5. The number of aromatic nitrogens is 8. The fraction of sp³-hybridized carbons (Fsp3) is 0.266. The molecule has 8 aromatic heterocycles. The molecule has 20 nitrogen and oxygen atoms in total. The van der Waals surface area contributed by atoms with E-state index in [9.17, 15) is 49.9 Å². The van der Waals surface area contributed by atoms with E-state index in [2.05, 4.69) is 75.3 Å². The molecule has 137 heavy (non-hydrogen) atoms. The molecule has 702 valence electrons. The maximum absolute atomic E-state index is 14.1. The highest BCUT2D eigenvalue weighted by molar-refractivity contribution is 6.30. The van der Waals surface area contributed by atoms with Crippen LogP contribution in [0.15, 0.2) is 273 Å². The Bertz CT molecular complexity index is 6870. The van der Waals surface area contributed by atoms with Crippen LogP contribution in [-0.2, 0) is 6.42 Å². The quantitative estimate of drug-likeness (QED) is 0.0463. The van der Waals surface area contributed by atoms with Crippen molar-refractivity contribution in [3.63, 3.8) is 0 Å². The van der Waals surface area contributed by atoms with Gasteiger partial charge in [0.1, 0.15) is 51.9 Å². The topological polar surface area (TPSA) is 240 Å². The molecule has 0 atom stereocenters. The number of nitrogens with one attached hydrogen (secondary N) is 4. The van der Waals surface area contributed by atoms with Crippen LogP contribution in [0.25, 0.3) is 90.8 Å². The third kappa shape index (κ3) is 22.5. The smallest absolute Gasteiger partial charge is 0.291 e. The molecule has 0 radical (unpaired) electrons. The van der Waals surface area contributed by atoms with E-state index in [1.807, 2.05) is 73.3 Å². The maximum atomic E-state index is 14.1. The summed E-state index contributed by atoms with van der Waals surface area (Å²) in [6.07, 6.45) is 30.6. The Balaban J connectivity index is 0.000000127. The predicted octanol–water partition coefficient (Wildman–Crippen LogP) is 29.6. The second-order valence-corrected chi connectivity index (χ2v) is 35.6. The van der Waals surface area contributed by atoms with Gasteiger partial charge in [0, 0.05) is 74.6 Å². The normalized spacial score (nSPS) is 14.3. The summed E-state index contributed by atoms with van der Waals surface area (Å²) in [6, 6.07) is 62.2. The summed E-state index contributed by atoms with van der Waals surface area (Å²) >= 11 is 5.78. The van der Waals surface area contributed by atoms with Crippen molar-refractivity contribution < 1.29 is 67.6 Å². The molecule has 4 amide bonds. The van der Waals surface area contributed by atoms with Crippen molar-refractivity contribution in [1.82, 2.24) is 38.2 Å². The molecule has 20 rings (SSSR count). The number of aryl methyl sites for hydroxylation is 1. The van der Waals surface area contributed by atoms with Gasteiger partial charge in [0.15, 0.2) is 57.7 Å². The number of nitrogens with zero attached hydrogens (tertiary/aromatic N) is 8. The predicted molar refractivity (Wildman–Crippen MR) is 516 cm³/mol. The van der Waals surface area contributed by atoms with Crippen LogP contribution in [0.5, 0.6) is 0 Å². The molecule has 0 unspecified atom stereocenters. The van der Waals surface area contributed by atoms with Gasteiger partial charge in [-0.1, -0.05) is 134 Å². The number of amides is 4. The van der Waals surface area contributed by atoms with Crippen molar-refractivity contribution in [1.29, 1.82) is 0 Å². The summed E-state index contributed by atoms with van der Waals surface area (Å²) in [5.74, 6) is -2.73. The van der Waals surface area contributed by atoms with Gasteiger partial charge < -0.3 is 57.2 Å². The number of hydrogen-bond acceptors (Lipinski definition) is 12. The lowest BCUT2D eigenvalue weighted by Gasteiger charge is -2.24. The summed E-state index contributed by atoms with van der Waals surface area (Å²) in [6.45, 7) is 6.35. The van der Waals surface area contributed by atoms with Gasteiger partial charge in [0.25, 0.3) is 23.6 Å². The third-order valence-electron chi connectivity index (χ3n) is 25.6. The zero-order valence-electron chi connectivity index (χ0n) is 75.9. The van der Waals surface area contributed by atoms with E-state index in [-0.39, 0.29) is 86.6 Å². The van der Waals surface area contributed by atoms with E-state index in [4.69, 9.17) is 34.3 Å². The molecule has 16 aromatic rings. The van der Waals surface area contributed by atoms with Crippen LogP contribution >= 0.6 is 11.6 Å². The van der Waals surface area contributed by atoms with E-state index >= 15 is 0 Å². The lowest BCUT2D eigenvalue weighted by Crippen LogP contribution is -2.13. The Morgan fingerprint density at radius 2 is 0.650 bits per heavy atom. The Labute approximate surface area is 792 Å². The van der Waals surface area contributed by atoms with Gasteiger partial charge >= 0.3 is 0 Å². The second kappa shape index (κ2) is 43.4. The lowest BCUT2D eigenvalue weighted by molar-refractivity contribution is 0.0989. The van der Waals surface area contributed by atoms with Gasteiger partial charge in [-0.3, -0.25) is 19.2 Å². The second-order valence-electron chi connectivity index (χ2n) is 35.1. The molecule has 4 N–H and O–H groups in total. The van der Waals surface area contributed by atoms with Gasteiger partial charge in [0.05, 0.1) is 53.8 Å². The average molecular weight is 1880 g/mol. The molecule has 8 aromatic carbocycles. The number of furan rings is 4. The first-order valence-electron chi connectivity index (χ1n) is 46.7. The molecule has 8 heterocycles. The highest BCUT2D eigenvalue weighted by Gasteiger charge is 2.32. The number of carbonyl (C=O) groups is 4. The first-order chi connectivity index (χ1) is 66.6. The van der Waals surface area contributed by atoms with Gasteiger partial charge in [0.2, 0.25) is 0 Å². The van der Waals surface area contributed by atoms with Crippen molar-refractivity contribution in [2.24, 2.45) is 0 Å². The fourth-order valence-electron chi connectivity index (χ4n) is 18.3. The van der Waals surface area contributed by atoms with Crippen LogP contribution < -0.4 is 21.3 Å². The van der Waals surface area contributed by atoms with E-state index in [0.29, 0.717) is 58.1 Å². The first-order valence-corrected chi connectivity index (χ1v) is 47.0. The average Bonchev–Trinajstić information content (AvgIpc) is 1.64. The molecule has 28 heteroatoms. The highest BCUT2D eigenvalue weighted by Crippen LogP contribution is 2.45. The summed E-state index contributed by atoms with van der Waals surface area (Å²) in [4.78, 5) is 69.9. The summed E-state index contributed by atoms with van der Waals surface area (Å²) in [5, 5.41) is 11.1. The van der Waals surface area contributed by atoms with Crippen LogP contribution in [0, 0.1) is 40.7 Å². The van der Waals surface area contributed by atoms with E-state index in [1.54, 1.807) is 91.5 Å². The Kier molecular flexibility index (Phi) is 29.8. The van der Waals surface area contributed by atoms with Crippen LogP contribution in [0.2, 0.25) is 5.02 Å². The standard InChI is InChI=1S/C29H30FN3O2.C28H28FN3O2.C26H22ClF2N3O2.C26H22F3N3O2/c1-19(2)20-10-14-23(15-11-20)32-29(34)26-17-16-25(35-26)28-27(21-8-12-22(30)13-9-21)31-18-33(28)24-6-4-3-5-7-24;1-2-19-7-6-8-22(17-19)31-28(33)25-16-15-24(34-25)27-26(20-11-13-21(29)14-12-20)30-18-32(27)23-9-4-3-5-10-23;27-17-8-11-21(20(29)14-17)31-26(33)23-13-12-22(34-23)25-24(16-6-9-18(28)10-7-16)30-15-32(25)19-4-2-1-3-5-19;27-17-8-6-16(7-9-17)24-25(32(15-30-24)19-4-2-1-3-5-19)22-12-13-23(34-22)26(33)31-18-10-11-20(28)21(29)14-18/h8-19,24H,3-7H2,1-2H3,(H,32,34);6-8,11-18,23H,2-5,9-10H2,1H3,(H,31,33);2*6-15,19H,1-5H2,(H,31,33). The number of rotatable bonds is 22. The minimum absolute atomic E-state index is 0.00611. The molecular weight excluding hydrogens is 1770 g/mol. The molecule has 4 fully saturated rings. The number of anilines is 4. The van der Waals surface area contributed by atoms with Crippen molar-refractivity contribution in [2.75, 3.05) is 21.3 Å². The van der Waals surface area contributed by atoms with Crippen LogP contribution in [0.4, 0.5) is 53.5 Å². The lowest BCUT2D eigenvalue weighted by atomic mass is 9.95. The largest absolute Gasteiger partial charge is 0.449 e. The molecular formula is C109H102ClF7N12O8. The molecule has 0 spiro atoms. The molecule has 4 aliphatic rings. The van der Waals surface area contributed by atoms with Crippen molar-refractivity contribution in [3.8, 4) is 90.8 Å². The zero-order chi connectivity index (χ0) is 95.2. The third-order valence-corrected chi connectivity index (χ3v) is 25.8. The SMILES string of the molecule is CC(C)c1ccc(NC(=O)c2ccc(-c3c(-c4ccc(F)cc4)ncn3C3CCCCC3)o2)cc1.CCc1cccc(NC(=O)c2ccc(-c3c(-c4ccc(F)cc4)ncn3C3CCCCC3)o2)c1.O=C(Nc1ccc(Cl)cc1F)c1ccc(-c2c(-c3ccc(F)cc3)ncn2C2CCCCC2)o1.O=C(Nc1ccc(F)c(F)c1)c1ccc(-c2c(-c3ccc(F)cc3)ncn2C2CCCCC2)o1. The maximum Gasteiger partial charge on any atom is 0.291 e. The van der Waals surface area contributed by atoms with Crippen molar-refractivity contribution >= 4 is 58.0 Å². The minimum Gasteiger partial charge on any atom is -0.449 e. The molecule has 0 saturated heterocycles. The van der Waals surface area contributed by atoms with Crippen LogP contribution in [0.3, 0.4) is 0 Å². The molecule has 4 saturated carbocycles. The summed E-state index contributed by atoms with van der Waals surface area (Å²) in [5.41, 5.74) is 12.9. The first kappa shape index (κ1) is 94.2. The van der Waals surface area contributed by atoms with Crippen LogP contribution in [0.1, 0.15) is 233 Å². The number of hydrogen-bond donors (Lipinski definition) is 4. The number of halogens is 8. The molecule has 4 aliphatic carbocycles. The van der Waals surface area contributed by atoms with Crippen molar-refractivity contribution in [2.45, 2.75) is 186 Å². The fourth-order valence-corrected chi connectivity index (χ4v) is 18.5. The Hall–Kier alpha value is -14.6. The van der Waals surface area contributed by atoms with Gasteiger partial charge in [-0.25, -0.2) is 50.7 Å². The van der Waals surface area contributed by atoms with Crippen LogP contribution in [-0.4, -0.2) is 61.8 Å². The number of carbonyl (C=O) groups excluding carboxylic acids is 4. The Morgan fingerprint density at radius 3 is 0.964 bits per heavy atom. The summed E-state index contributed by atoms with van der Waals surface area (Å²) in [7, 11) is 0. The van der Waals surface area contributed by atoms with Gasteiger partial charge in [-0.05, 0) is 275 Å². The van der Waals surface area contributed by atoms with Gasteiger partial charge in [-0.2, -0.15) is 0 Å². The summed E-state index contributed by atoms with van der Waals surface area (Å²) < 4.78 is 127. The van der Waals surface area contributed by atoms with Crippen molar-refractivity contribution in [3.05, 3.63) is 336 Å². The monoisotopic (exact) mass is 1870 g/mol. The Morgan fingerprint density at radius 1 is 0.336 bits per heavy atom. The molecule has 0 bridgehead atoms.